The molecule has 1 aliphatic rings. The summed E-state index contributed by atoms with van der Waals surface area (Å²) in [6, 6.07) is 15.3. The molecule has 0 atom stereocenters. The first-order chi connectivity index (χ1) is 17.0. The van der Waals surface area contributed by atoms with Gasteiger partial charge in [-0.1, -0.05) is 81.6 Å². The maximum absolute atomic E-state index is 14.9. The number of halogens is 3. The van der Waals surface area contributed by atoms with Gasteiger partial charge in [0.05, 0.1) is 13.2 Å². The van der Waals surface area contributed by atoms with E-state index in [1.807, 2.05) is 6.07 Å². The molecule has 3 aromatic rings. The van der Waals surface area contributed by atoms with Crippen LogP contribution in [0.5, 0.6) is 0 Å². The van der Waals surface area contributed by atoms with Gasteiger partial charge in [-0.2, -0.15) is 0 Å². The first-order valence-corrected chi connectivity index (χ1v) is 12.6. The molecule has 0 aliphatic carbocycles. The van der Waals surface area contributed by atoms with Crippen LogP contribution in [0.3, 0.4) is 0 Å². The van der Waals surface area contributed by atoms with Crippen molar-refractivity contribution in [1.29, 1.82) is 0 Å². The van der Waals surface area contributed by atoms with Gasteiger partial charge in [-0.05, 0) is 47.6 Å². The van der Waals surface area contributed by atoms with Crippen LogP contribution in [0, 0.1) is 23.4 Å². The van der Waals surface area contributed by atoms with Gasteiger partial charge in [-0.15, -0.1) is 0 Å². The van der Waals surface area contributed by atoms with Crippen LogP contribution >= 0.6 is 0 Å². The van der Waals surface area contributed by atoms with Crippen molar-refractivity contribution in [1.82, 2.24) is 0 Å². The van der Waals surface area contributed by atoms with Crippen molar-refractivity contribution in [3.05, 3.63) is 83.2 Å². The van der Waals surface area contributed by atoms with E-state index in [0.29, 0.717) is 47.8 Å². The Hall–Kier alpha value is -2.63. The van der Waals surface area contributed by atoms with Crippen LogP contribution in [-0.2, 0) is 15.9 Å². The highest BCUT2D eigenvalue weighted by atomic mass is 19.2. The maximum Gasteiger partial charge on any atom is 0.186 e. The highest BCUT2D eigenvalue weighted by Gasteiger charge is 2.25. The molecular formula is C30H33F3O2. The number of aryl methyl sites for hydroxylation is 1. The Morgan fingerprint density at radius 3 is 2.09 bits per heavy atom. The SMILES string of the molecule is CCCCCc1ccc(-c2ccc(-c3ccc(C4OCC(CCC)CO4)c(F)c3)cc2)c(F)c1F. The van der Waals surface area contributed by atoms with Crippen molar-refractivity contribution in [2.24, 2.45) is 5.92 Å². The predicted octanol–water partition coefficient (Wildman–Crippen LogP) is 8.63. The minimum absolute atomic E-state index is 0.225. The molecule has 0 aromatic heterocycles. The highest BCUT2D eigenvalue weighted by Crippen LogP contribution is 2.33. The van der Waals surface area contributed by atoms with Crippen molar-refractivity contribution >= 4 is 0 Å². The molecule has 0 bridgehead atoms. The Balaban J connectivity index is 1.47. The van der Waals surface area contributed by atoms with Gasteiger partial charge >= 0.3 is 0 Å². The van der Waals surface area contributed by atoms with E-state index in [0.717, 1.165) is 37.7 Å². The Bertz CT molecular complexity index is 1120. The van der Waals surface area contributed by atoms with Crippen LogP contribution in [0.4, 0.5) is 13.2 Å². The maximum atomic E-state index is 14.9. The lowest BCUT2D eigenvalue weighted by Gasteiger charge is -2.29. The smallest absolute Gasteiger partial charge is 0.186 e. The zero-order chi connectivity index (χ0) is 24.8. The van der Waals surface area contributed by atoms with Gasteiger partial charge in [0, 0.05) is 17.0 Å². The topological polar surface area (TPSA) is 18.5 Å². The Morgan fingerprint density at radius 2 is 1.43 bits per heavy atom. The molecule has 1 aliphatic heterocycles. The third-order valence-corrected chi connectivity index (χ3v) is 6.66. The zero-order valence-electron chi connectivity index (χ0n) is 20.5. The summed E-state index contributed by atoms with van der Waals surface area (Å²) in [6.45, 7) is 5.33. The van der Waals surface area contributed by atoms with E-state index in [1.165, 1.54) is 6.07 Å². The largest absolute Gasteiger partial charge is 0.348 e. The van der Waals surface area contributed by atoms with Gasteiger partial charge in [0.15, 0.2) is 17.9 Å². The van der Waals surface area contributed by atoms with Crippen LogP contribution in [0.15, 0.2) is 54.6 Å². The number of ether oxygens (including phenoxy) is 2. The van der Waals surface area contributed by atoms with E-state index in [4.69, 9.17) is 9.47 Å². The fourth-order valence-corrected chi connectivity index (χ4v) is 4.61. The van der Waals surface area contributed by atoms with Gasteiger partial charge < -0.3 is 9.47 Å². The molecule has 0 unspecified atom stereocenters. The minimum Gasteiger partial charge on any atom is -0.348 e. The van der Waals surface area contributed by atoms with E-state index >= 15 is 0 Å². The monoisotopic (exact) mass is 482 g/mol. The second-order valence-electron chi connectivity index (χ2n) is 9.32. The molecule has 4 rings (SSSR count). The van der Waals surface area contributed by atoms with E-state index in [1.54, 1.807) is 42.5 Å². The van der Waals surface area contributed by atoms with Crippen molar-refractivity contribution < 1.29 is 22.6 Å². The summed E-state index contributed by atoms with van der Waals surface area (Å²) in [4.78, 5) is 0. The fraction of sp³-hybridized carbons (Fsp3) is 0.400. The summed E-state index contributed by atoms with van der Waals surface area (Å²) in [5.41, 5.74) is 3.08. The van der Waals surface area contributed by atoms with Crippen molar-refractivity contribution in [2.75, 3.05) is 13.2 Å². The first-order valence-electron chi connectivity index (χ1n) is 12.6. The first kappa shape index (κ1) is 25.5. The normalized spacial score (nSPS) is 18.1. The van der Waals surface area contributed by atoms with Crippen LogP contribution < -0.4 is 0 Å². The van der Waals surface area contributed by atoms with Crippen molar-refractivity contribution in [3.8, 4) is 22.3 Å². The standard InChI is InChI=1S/C30H33F3O2/c1-3-5-6-8-23-13-15-25(29(33)28(23)32)22-11-9-21(10-12-22)24-14-16-26(27(31)17-24)30-34-18-20(7-4-2)19-35-30/h9-17,20,30H,3-8,18-19H2,1-2H3. The van der Waals surface area contributed by atoms with Crippen LogP contribution in [-0.4, -0.2) is 13.2 Å². The summed E-state index contributed by atoms with van der Waals surface area (Å²) in [5.74, 6) is -1.63. The molecule has 3 aromatic carbocycles. The van der Waals surface area contributed by atoms with Gasteiger partial charge in [0.2, 0.25) is 0 Å². The second kappa shape index (κ2) is 11.9. The lowest BCUT2D eigenvalue weighted by atomic mass is 9.97. The number of hydrogen-bond acceptors (Lipinski definition) is 2. The number of benzene rings is 3. The third-order valence-electron chi connectivity index (χ3n) is 6.66. The van der Waals surface area contributed by atoms with Gasteiger partial charge in [-0.3, -0.25) is 0 Å². The lowest BCUT2D eigenvalue weighted by Crippen LogP contribution is -2.27. The quantitative estimate of drug-likeness (QED) is 0.284. The van der Waals surface area contributed by atoms with E-state index < -0.39 is 23.7 Å². The molecule has 0 saturated carbocycles. The molecule has 1 fully saturated rings. The summed E-state index contributed by atoms with van der Waals surface area (Å²) in [6.07, 6.45) is 4.80. The molecule has 0 amide bonds. The Morgan fingerprint density at radius 1 is 0.743 bits per heavy atom. The highest BCUT2D eigenvalue weighted by molar-refractivity contribution is 5.71. The van der Waals surface area contributed by atoms with Gasteiger partial charge in [-0.25, -0.2) is 13.2 Å². The molecule has 1 saturated heterocycles. The molecule has 0 N–H and O–H groups in total. The summed E-state index contributed by atoms with van der Waals surface area (Å²) >= 11 is 0. The number of hydrogen-bond donors (Lipinski definition) is 0. The molecule has 5 heteroatoms. The molecule has 0 radical (unpaired) electrons. The van der Waals surface area contributed by atoms with E-state index in [-0.39, 0.29) is 5.56 Å². The molecule has 186 valence electrons. The summed E-state index contributed by atoms with van der Waals surface area (Å²) in [7, 11) is 0. The Kier molecular flexibility index (Phi) is 8.64. The average molecular weight is 483 g/mol. The average Bonchev–Trinajstić information content (AvgIpc) is 2.88. The minimum atomic E-state index is -0.823. The van der Waals surface area contributed by atoms with Crippen molar-refractivity contribution in [2.45, 2.75) is 58.7 Å². The van der Waals surface area contributed by atoms with Crippen molar-refractivity contribution in [3.63, 3.8) is 0 Å². The lowest BCUT2D eigenvalue weighted by molar-refractivity contribution is -0.207. The fourth-order valence-electron chi connectivity index (χ4n) is 4.61. The van der Waals surface area contributed by atoms with Crippen LogP contribution in [0.25, 0.3) is 22.3 Å². The number of unbranched alkanes of at least 4 members (excludes halogenated alkanes) is 2. The summed E-state index contributed by atoms with van der Waals surface area (Å²) < 4.78 is 55.8. The molecular weight excluding hydrogens is 449 g/mol. The Labute approximate surface area is 206 Å². The van der Waals surface area contributed by atoms with Gasteiger partial charge in [0.1, 0.15) is 5.82 Å². The third kappa shape index (κ3) is 5.96. The van der Waals surface area contributed by atoms with E-state index in [9.17, 15) is 13.2 Å². The van der Waals surface area contributed by atoms with E-state index in [2.05, 4.69) is 13.8 Å². The zero-order valence-corrected chi connectivity index (χ0v) is 20.5. The molecule has 0 spiro atoms. The van der Waals surface area contributed by atoms with Crippen LogP contribution in [0.1, 0.15) is 63.4 Å². The molecule has 2 nitrogen and oxygen atoms in total. The molecule has 1 heterocycles. The van der Waals surface area contributed by atoms with Crippen LogP contribution in [0.2, 0.25) is 0 Å². The second-order valence-corrected chi connectivity index (χ2v) is 9.32. The van der Waals surface area contributed by atoms with Gasteiger partial charge in [0.25, 0.3) is 0 Å². The molecule has 35 heavy (non-hydrogen) atoms. The predicted molar refractivity (Wildman–Crippen MR) is 133 cm³/mol. The number of rotatable bonds is 9. The summed E-state index contributed by atoms with van der Waals surface area (Å²) in [5, 5.41) is 0.